The van der Waals surface area contributed by atoms with Gasteiger partial charge in [-0.05, 0) is 56.2 Å². The molecular weight excluding hydrogens is 266 g/mol. The van der Waals surface area contributed by atoms with Crippen molar-refractivity contribution in [3.8, 4) is 0 Å². The van der Waals surface area contributed by atoms with Gasteiger partial charge in [0.05, 0.1) is 5.60 Å². The highest BCUT2D eigenvalue weighted by atomic mass is 19.1. The van der Waals surface area contributed by atoms with E-state index < -0.39 is 23.2 Å². The standard InChI is InChI=1S/C15H18F2O3/c16-11-2-3-13(17)12(9-11)15(20)7-5-10(6-8-15)1-4-14(18)19/h2-3,9-10,20H,1,4-8H2,(H,18,19)/t10-,15+. The summed E-state index contributed by atoms with van der Waals surface area (Å²) in [6.45, 7) is 0. The normalized spacial score (nSPS) is 26.4. The van der Waals surface area contributed by atoms with E-state index in [1.165, 1.54) is 0 Å². The first-order chi connectivity index (χ1) is 9.40. The zero-order chi connectivity index (χ0) is 14.8. The molecule has 0 atom stereocenters. The van der Waals surface area contributed by atoms with Crippen molar-refractivity contribution in [1.82, 2.24) is 0 Å². The summed E-state index contributed by atoms with van der Waals surface area (Å²) in [4.78, 5) is 10.5. The van der Waals surface area contributed by atoms with Gasteiger partial charge in [0.25, 0.3) is 0 Å². The van der Waals surface area contributed by atoms with E-state index in [1.54, 1.807) is 0 Å². The molecule has 1 saturated carbocycles. The smallest absolute Gasteiger partial charge is 0.303 e. The summed E-state index contributed by atoms with van der Waals surface area (Å²) in [7, 11) is 0. The summed E-state index contributed by atoms with van der Waals surface area (Å²) >= 11 is 0. The fourth-order valence-corrected chi connectivity index (χ4v) is 2.89. The molecule has 2 rings (SSSR count). The Morgan fingerprint density at radius 2 is 1.95 bits per heavy atom. The molecule has 1 aromatic rings. The largest absolute Gasteiger partial charge is 0.481 e. The highest BCUT2D eigenvalue weighted by molar-refractivity contribution is 5.66. The number of halogens is 2. The third kappa shape index (κ3) is 3.33. The first-order valence-electron chi connectivity index (χ1n) is 6.80. The van der Waals surface area contributed by atoms with Crippen molar-refractivity contribution in [2.75, 3.05) is 0 Å². The number of benzene rings is 1. The van der Waals surface area contributed by atoms with Crippen LogP contribution in [0.15, 0.2) is 18.2 Å². The van der Waals surface area contributed by atoms with Crippen LogP contribution in [-0.4, -0.2) is 16.2 Å². The number of hydrogen-bond acceptors (Lipinski definition) is 2. The van der Waals surface area contributed by atoms with Gasteiger partial charge in [-0.2, -0.15) is 0 Å². The summed E-state index contributed by atoms with van der Waals surface area (Å²) in [5, 5.41) is 19.2. The quantitative estimate of drug-likeness (QED) is 0.892. The number of carboxylic acids is 1. The first-order valence-corrected chi connectivity index (χ1v) is 6.80. The minimum atomic E-state index is -1.34. The van der Waals surface area contributed by atoms with E-state index in [0.717, 1.165) is 18.2 Å². The molecule has 0 aliphatic heterocycles. The first kappa shape index (κ1) is 14.9. The topological polar surface area (TPSA) is 57.5 Å². The van der Waals surface area contributed by atoms with Crippen LogP contribution < -0.4 is 0 Å². The van der Waals surface area contributed by atoms with Crippen molar-refractivity contribution in [2.45, 2.75) is 44.1 Å². The molecule has 0 bridgehead atoms. The Labute approximate surface area is 116 Å². The number of aliphatic carboxylic acids is 1. The Bertz CT molecular complexity index is 494. The van der Waals surface area contributed by atoms with Gasteiger partial charge in [-0.15, -0.1) is 0 Å². The second-order valence-electron chi connectivity index (χ2n) is 5.53. The van der Waals surface area contributed by atoms with E-state index in [9.17, 15) is 18.7 Å². The zero-order valence-electron chi connectivity index (χ0n) is 11.1. The molecule has 1 aromatic carbocycles. The summed E-state index contributed by atoms with van der Waals surface area (Å²) in [5.74, 6) is -1.77. The molecule has 0 saturated heterocycles. The van der Waals surface area contributed by atoms with Gasteiger partial charge in [0.15, 0.2) is 0 Å². The number of carboxylic acid groups (broad SMARTS) is 1. The molecule has 2 N–H and O–H groups in total. The van der Waals surface area contributed by atoms with E-state index >= 15 is 0 Å². The Morgan fingerprint density at radius 1 is 1.30 bits per heavy atom. The van der Waals surface area contributed by atoms with E-state index in [4.69, 9.17) is 5.11 Å². The Balaban J connectivity index is 2.04. The molecule has 0 heterocycles. The van der Waals surface area contributed by atoms with Gasteiger partial charge in [-0.25, -0.2) is 8.78 Å². The van der Waals surface area contributed by atoms with E-state index in [0.29, 0.717) is 32.1 Å². The second-order valence-corrected chi connectivity index (χ2v) is 5.53. The lowest BCUT2D eigenvalue weighted by Crippen LogP contribution is -2.32. The Hall–Kier alpha value is -1.49. The molecule has 110 valence electrons. The molecule has 5 heteroatoms. The Kier molecular flexibility index (Phi) is 4.38. The van der Waals surface area contributed by atoms with Gasteiger partial charge in [0, 0.05) is 12.0 Å². The van der Waals surface area contributed by atoms with Crippen LogP contribution in [0.1, 0.15) is 44.1 Å². The highest BCUT2D eigenvalue weighted by Gasteiger charge is 2.36. The monoisotopic (exact) mass is 284 g/mol. The molecule has 0 aromatic heterocycles. The van der Waals surface area contributed by atoms with Gasteiger partial charge in [-0.1, -0.05) is 0 Å². The third-order valence-electron chi connectivity index (χ3n) is 4.13. The lowest BCUT2D eigenvalue weighted by atomic mass is 9.74. The van der Waals surface area contributed by atoms with E-state index in [-0.39, 0.29) is 17.9 Å². The minimum Gasteiger partial charge on any atom is -0.481 e. The SMILES string of the molecule is O=C(O)CC[C@H]1CC[C@](O)(c2cc(F)ccc2F)CC1. The second kappa shape index (κ2) is 5.87. The van der Waals surface area contributed by atoms with Gasteiger partial charge >= 0.3 is 5.97 Å². The molecule has 20 heavy (non-hydrogen) atoms. The van der Waals surface area contributed by atoms with Gasteiger partial charge in [-0.3, -0.25) is 4.79 Å². The maximum atomic E-state index is 13.7. The molecule has 1 aliphatic rings. The maximum Gasteiger partial charge on any atom is 0.303 e. The van der Waals surface area contributed by atoms with Crippen molar-refractivity contribution in [3.63, 3.8) is 0 Å². The average molecular weight is 284 g/mol. The van der Waals surface area contributed by atoms with Crippen LogP contribution in [-0.2, 0) is 10.4 Å². The zero-order valence-corrected chi connectivity index (χ0v) is 11.1. The molecular formula is C15H18F2O3. The van der Waals surface area contributed by atoms with Gasteiger partial charge in [0.1, 0.15) is 11.6 Å². The fraction of sp³-hybridized carbons (Fsp3) is 0.533. The van der Waals surface area contributed by atoms with Crippen LogP contribution in [0, 0.1) is 17.6 Å². The predicted molar refractivity (Wildman–Crippen MR) is 69.1 cm³/mol. The van der Waals surface area contributed by atoms with Crippen LogP contribution in [0.25, 0.3) is 0 Å². The van der Waals surface area contributed by atoms with Gasteiger partial charge < -0.3 is 10.2 Å². The molecule has 1 aliphatic carbocycles. The van der Waals surface area contributed by atoms with Crippen LogP contribution in [0.5, 0.6) is 0 Å². The van der Waals surface area contributed by atoms with Crippen LogP contribution >= 0.6 is 0 Å². The van der Waals surface area contributed by atoms with Crippen LogP contribution in [0.4, 0.5) is 8.78 Å². The maximum absolute atomic E-state index is 13.7. The number of hydrogen-bond donors (Lipinski definition) is 2. The Morgan fingerprint density at radius 3 is 2.55 bits per heavy atom. The van der Waals surface area contributed by atoms with Crippen molar-refractivity contribution >= 4 is 5.97 Å². The van der Waals surface area contributed by atoms with Crippen molar-refractivity contribution < 1.29 is 23.8 Å². The van der Waals surface area contributed by atoms with Crippen molar-refractivity contribution in [3.05, 3.63) is 35.4 Å². The van der Waals surface area contributed by atoms with Crippen LogP contribution in [0.2, 0.25) is 0 Å². The number of rotatable bonds is 4. The van der Waals surface area contributed by atoms with Crippen LogP contribution in [0.3, 0.4) is 0 Å². The van der Waals surface area contributed by atoms with Gasteiger partial charge in [0.2, 0.25) is 0 Å². The predicted octanol–water partition coefficient (Wildman–Crippen LogP) is 3.21. The summed E-state index contributed by atoms with van der Waals surface area (Å²) in [6, 6.07) is 3.10. The highest BCUT2D eigenvalue weighted by Crippen LogP contribution is 2.41. The van der Waals surface area contributed by atoms with E-state index in [2.05, 4.69) is 0 Å². The number of aliphatic hydroxyl groups is 1. The summed E-state index contributed by atoms with van der Waals surface area (Å²) < 4.78 is 27.0. The van der Waals surface area contributed by atoms with E-state index in [1.807, 2.05) is 0 Å². The van der Waals surface area contributed by atoms with Crippen molar-refractivity contribution in [1.29, 1.82) is 0 Å². The van der Waals surface area contributed by atoms with Crippen molar-refractivity contribution in [2.24, 2.45) is 5.92 Å². The summed E-state index contributed by atoms with van der Waals surface area (Å²) in [5.41, 5.74) is -1.33. The molecule has 3 nitrogen and oxygen atoms in total. The summed E-state index contributed by atoms with van der Waals surface area (Å²) in [6.07, 6.45) is 2.59. The lowest BCUT2D eigenvalue weighted by molar-refractivity contribution is -0.137. The fourth-order valence-electron chi connectivity index (χ4n) is 2.89. The molecule has 0 unspecified atom stereocenters. The number of carbonyl (C=O) groups is 1. The molecule has 0 amide bonds. The average Bonchev–Trinajstić information content (AvgIpc) is 2.41. The third-order valence-corrected chi connectivity index (χ3v) is 4.13. The minimum absolute atomic E-state index is 0.00850. The molecule has 0 spiro atoms. The molecule has 1 fully saturated rings. The lowest BCUT2D eigenvalue weighted by Gasteiger charge is -2.36. The molecule has 0 radical (unpaired) electrons.